The number of epoxide rings is 2. The van der Waals surface area contributed by atoms with Crippen LogP contribution in [-0.2, 0) is 19.8 Å². The minimum atomic E-state index is -0.710. The first-order valence-corrected chi connectivity index (χ1v) is 8.37. The Bertz CT molecular complexity index is 973. The molecule has 5 rings (SSSR count). The van der Waals surface area contributed by atoms with Crippen LogP contribution >= 0.6 is 0 Å². The Morgan fingerprint density at radius 1 is 1.08 bits per heavy atom. The van der Waals surface area contributed by atoms with E-state index in [0.29, 0.717) is 25.4 Å². The number of phenolic OH excluding ortho intramolecular Hbond substituents is 2. The fourth-order valence-corrected chi connectivity index (χ4v) is 3.43. The smallest absolute Gasteiger partial charge is 0.164 e. The van der Waals surface area contributed by atoms with Crippen molar-refractivity contribution in [1.82, 2.24) is 0 Å². The second-order valence-electron chi connectivity index (χ2n) is 6.79. The molecule has 0 aromatic heterocycles. The SMILES string of the molecule is Oc1cc2cc3ccccc3cc2c(C2(COCC3CO3)CO2)c1O. The van der Waals surface area contributed by atoms with Crippen LogP contribution in [0, 0.1) is 0 Å². The fraction of sp³-hybridized carbons (Fsp3) is 0.300. The van der Waals surface area contributed by atoms with Crippen molar-refractivity contribution in [2.75, 3.05) is 26.4 Å². The van der Waals surface area contributed by atoms with E-state index in [1.807, 2.05) is 36.4 Å². The van der Waals surface area contributed by atoms with Gasteiger partial charge in [0.2, 0.25) is 0 Å². The standard InChI is InChI=1S/C20H18O5/c21-17-7-14-5-12-3-1-2-4-13(12)6-16(14)18(19(17)22)20(11-25-20)10-23-8-15-9-24-15/h1-7,15,21-22H,8-11H2. The predicted octanol–water partition coefficient (Wildman–Crippen LogP) is 3.05. The van der Waals surface area contributed by atoms with Gasteiger partial charge >= 0.3 is 0 Å². The molecule has 2 aliphatic rings. The number of fused-ring (bicyclic) bond motifs is 2. The van der Waals surface area contributed by atoms with Crippen LogP contribution in [0.2, 0.25) is 0 Å². The van der Waals surface area contributed by atoms with Crippen molar-refractivity contribution in [1.29, 1.82) is 0 Å². The number of hydrogen-bond donors (Lipinski definition) is 2. The Hall–Kier alpha value is -2.34. The highest BCUT2D eigenvalue weighted by Gasteiger charge is 2.50. The number of rotatable bonds is 5. The molecule has 2 heterocycles. The van der Waals surface area contributed by atoms with E-state index in [0.717, 1.165) is 28.2 Å². The first kappa shape index (κ1) is 15.0. The predicted molar refractivity (Wildman–Crippen MR) is 93.0 cm³/mol. The molecule has 2 aliphatic heterocycles. The maximum Gasteiger partial charge on any atom is 0.164 e. The fourth-order valence-electron chi connectivity index (χ4n) is 3.43. The van der Waals surface area contributed by atoms with Crippen molar-refractivity contribution < 1.29 is 24.4 Å². The second kappa shape index (κ2) is 5.33. The third-order valence-corrected chi connectivity index (χ3v) is 4.95. The molecular formula is C20H18O5. The molecule has 3 aromatic carbocycles. The monoisotopic (exact) mass is 338 g/mol. The summed E-state index contributed by atoms with van der Waals surface area (Å²) in [7, 11) is 0. The van der Waals surface area contributed by atoms with Crippen LogP contribution in [0.3, 0.4) is 0 Å². The molecule has 2 fully saturated rings. The van der Waals surface area contributed by atoms with Gasteiger partial charge in [0.05, 0.1) is 26.4 Å². The van der Waals surface area contributed by atoms with E-state index >= 15 is 0 Å². The summed E-state index contributed by atoms with van der Waals surface area (Å²) >= 11 is 0. The molecule has 2 saturated heterocycles. The number of ether oxygens (including phenoxy) is 3. The van der Waals surface area contributed by atoms with Gasteiger partial charge in [-0.05, 0) is 39.7 Å². The summed E-state index contributed by atoms with van der Waals surface area (Å²) in [5, 5.41) is 24.7. The van der Waals surface area contributed by atoms with Crippen molar-refractivity contribution in [3.8, 4) is 11.5 Å². The minimum Gasteiger partial charge on any atom is -0.504 e. The Labute approximate surface area is 144 Å². The van der Waals surface area contributed by atoms with E-state index in [1.165, 1.54) is 0 Å². The number of benzene rings is 3. The summed E-state index contributed by atoms with van der Waals surface area (Å²) in [5.41, 5.74) is -0.108. The first-order chi connectivity index (χ1) is 12.2. The quantitative estimate of drug-likeness (QED) is 0.425. The third kappa shape index (κ3) is 2.52. The van der Waals surface area contributed by atoms with Gasteiger partial charge in [0.25, 0.3) is 0 Å². The van der Waals surface area contributed by atoms with Crippen molar-refractivity contribution in [3.63, 3.8) is 0 Å². The molecule has 5 nitrogen and oxygen atoms in total. The van der Waals surface area contributed by atoms with E-state index < -0.39 is 5.60 Å². The van der Waals surface area contributed by atoms with Gasteiger partial charge in [-0.15, -0.1) is 0 Å². The summed E-state index contributed by atoms with van der Waals surface area (Å²) in [6.45, 7) is 2.04. The van der Waals surface area contributed by atoms with Gasteiger partial charge in [-0.25, -0.2) is 0 Å². The van der Waals surface area contributed by atoms with Gasteiger partial charge in [0.1, 0.15) is 11.7 Å². The van der Waals surface area contributed by atoms with E-state index in [2.05, 4.69) is 0 Å². The van der Waals surface area contributed by atoms with Crippen molar-refractivity contribution >= 4 is 21.5 Å². The second-order valence-corrected chi connectivity index (χ2v) is 6.79. The highest BCUT2D eigenvalue weighted by atomic mass is 16.6. The molecular weight excluding hydrogens is 320 g/mol. The molecule has 0 radical (unpaired) electrons. The zero-order valence-corrected chi connectivity index (χ0v) is 13.6. The molecule has 25 heavy (non-hydrogen) atoms. The maximum absolute atomic E-state index is 10.6. The number of phenols is 2. The third-order valence-electron chi connectivity index (χ3n) is 4.95. The summed E-state index contributed by atoms with van der Waals surface area (Å²) in [6, 6.07) is 13.7. The van der Waals surface area contributed by atoms with Crippen molar-refractivity contribution in [2.45, 2.75) is 11.7 Å². The molecule has 0 aliphatic carbocycles. The molecule has 2 unspecified atom stereocenters. The molecule has 2 atom stereocenters. The highest BCUT2D eigenvalue weighted by molar-refractivity contribution is 6.01. The lowest BCUT2D eigenvalue weighted by molar-refractivity contribution is 0.0666. The topological polar surface area (TPSA) is 74.8 Å². The Balaban J connectivity index is 1.64. The van der Waals surface area contributed by atoms with Crippen molar-refractivity contribution in [2.24, 2.45) is 0 Å². The summed E-state index contributed by atoms with van der Waals surface area (Å²) < 4.78 is 16.6. The van der Waals surface area contributed by atoms with Crippen molar-refractivity contribution in [3.05, 3.63) is 48.0 Å². The highest BCUT2D eigenvalue weighted by Crippen LogP contribution is 2.50. The van der Waals surface area contributed by atoms with Crippen LogP contribution in [0.1, 0.15) is 5.56 Å². The Morgan fingerprint density at radius 3 is 2.48 bits per heavy atom. The molecule has 5 heteroatoms. The Kier molecular flexibility index (Phi) is 3.19. The van der Waals surface area contributed by atoms with Gasteiger partial charge in [0, 0.05) is 5.56 Å². The van der Waals surface area contributed by atoms with Crippen LogP contribution in [0.15, 0.2) is 42.5 Å². The summed E-state index contributed by atoms with van der Waals surface area (Å²) in [4.78, 5) is 0. The average molecular weight is 338 g/mol. The van der Waals surface area contributed by atoms with Crippen LogP contribution in [0.25, 0.3) is 21.5 Å². The van der Waals surface area contributed by atoms with E-state index in [9.17, 15) is 10.2 Å². The molecule has 0 bridgehead atoms. The molecule has 3 aromatic rings. The first-order valence-electron chi connectivity index (χ1n) is 8.37. The molecule has 0 saturated carbocycles. The lowest BCUT2D eigenvalue weighted by Gasteiger charge is -2.18. The lowest BCUT2D eigenvalue weighted by Crippen LogP contribution is -2.19. The van der Waals surface area contributed by atoms with Gasteiger partial charge in [0.15, 0.2) is 11.5 Å². The van der Waals surface area contributed by atoms with E-state index in [1.54, 1.807) is 6.07 Å². The van der Waals surface area contributed by atoms with Gasteiger partial charge in [-0.3, -0.25) is 0 Å². The van der Waals surface area contributed by atoms with E-state index in [4.69, 9.17) is 14.2 Å². The molecule has 2 N–H and O–H groups in total. The minimum absolute atomic E-state index is 0.133. The number of hydrogen-bond acceptors (Lipinski definition) is 5. The summed E-state index contributed by atoms with van der Waals surface area (Å²) in [5.74, 6) is -0.273. The lowest BCUT2D eigenvalue weighted by atomic mass is 9.91. The summed E-state index contributed by atoms with van der Waals surface area (Å²) in [6.07, 6.45) is 0.175. The van der Waals surface area contributed by atoms with E-state index in [-0.39, 0.29) is 17.6 Å². The van der Waals surface area contributed by atoms with Gasteiger partial charge in [-0.1, -0.05) is 24.3 Å². The molecule has 0 amide bonds. The zero-order chi connectivity index (χ0) is 17.0. The van der Waals surface area contributed by atoms with Crippen LogP contribution in [0.5, 0.6) is 11.5 Å². The van der Waals surface area contributed by atoms with Crippen LogP contribution in [0.4, 0.5) is 0 Å². The average Bonchev–Trinajstić information content (AvgIpc) is 3.52. The maximum atomic E-state index is 10.6. The zero-order valence-electron chi connectivity index (χ0n) is 13.6. The normalized spacial score (nSPS) is 24.7. The number of aromatic hydroxyl groups is 2. The van der Waals surface area contributed by atoms with Crippen LogP contribution < -0.4 is 0 Å². The molecule has 128 valence electrons. The largest absolute Gasteiger partial charge is 0.504 e. The molecule has 0 spiro atoms. The van der Waals surface area contributed by atoms with Crippen LogP contribution in [-0.4, -0.2) is 42.7 Å². The Morgan fingerprint density at radius 2 is 1.80 bits per heavy atom. The van der Waals surface area contributed by atoms with Gasteiger partial charge in [-0.2, -0.15) is 0 Å². The van der Waals surface area contributed by atoms with Gasteiger partial charge < -0.3 is 24.4 Å².